The average molecular weight is 704 g/mol. The summed E-state index contributed by atoms with van der Waals surface area (Å²) in [6, 6.07) is 9.74. The zero-order valence-corrected chi connectivity index (χ0v) is 28.6. The van der Waals surface area contributed by atoms with Crippen molar-refractivity contribution in [3.63, 3.8) is 0 Å². The van der Waals surface area contributed by atoms with Crippen LogP contribution < -0.4 is 30.7 Å². The van der Waals surface area contributed by atoms with Crippen molar-refractivity contribution in [3.05, 3.63) is 59.7 Å². The van der Waals surface area contributed by atoms with Crippen LogP contribution in [0, 0.1) is 5.92 Å². The van der Waals surface area contributed by atoms with Gasteiger partial charge in [0, 0.05) is 31.7 Å². The Balaban J connectivity index is 1.77. The molecule has 15 heteroatoms. The van der Waals surface area contributed by atoms with Crippen LogP contribution in [0.4, 0.5) is 8.78 Å². The number of halogens is 2. The summed E-state index contributed by atoms with van der Waals surface area (Å²) in [7, 11) is 0. The highest BCUT2D eigenvalue weighted by Gasteiger charge is 2.30. The Bertz CT molecular complexity index is 1440. The third kappa shape index (κ3) is 13.6. The smallest absolute Gasteiger partial charge is 0.387 e. The molecule has 3 rings (SSSR count). The molecule has 1 heterocycles. The molecule has 5 N–H and O–H groups in total. The lowest BCUT2D eigenvalue weighted by Crippen LogP contribution is -2.57. The van der Waals surface area contributed by atoms with Gasteiger partial charge in [-0.1, -0.05) is 26.0 Å². The molecular weight excluding hydrogens is 656 g/mol. The fourth-order valence-electron chi connectivity index (χ4n) is 5.26. The van der Waals surface area contributed by atoms with E-state index in [2.05, 4.69) is 26.0 Å². The highest BCUT2D eigenvalue weighted by Crippen LogP contribution is 2.17. The number of hydrogen-bond acceptors (Lipinski definition) is 8. The molecule has 1 aliphatic heterocycles. The number of amides is 5. The maximum absolute atomic E-state index is 13.4. The van der Waals surface area contributed by atoms with E-state index in [9.17, 15) is 37.9 Å². The van der Waals surface area contributed by atoms with Gasteiger partial charge in [-0.2, -0.15) is 8.78 Å². The second-order valence-electron chi connectivity index (χ2n) is 12.5. The Labute approximate surface area is 290 Å². The number of ether oxygens (including phenoxy) is 2. The van der Waals surface area contributed by atoms with E-state index in [0.29, 0.717) is 30.6 Å². The number of benzene rings is 2. The van der Waals surface area contributed by atoms with E-state index >= 15 is 0 Å². The van der Waals surface area contributed by atoms with E-state index in [4.69, 9.17) is 4.74 Å². The first-order valence-electron chi connectivity index (χ1n) is 16.7. The molecule has 5 amide bonds. The average Bonchev–Trinajstić information content (AvgIpc) is 3.05. The minimum Gasteiger partial charge on any atom is -0.484 e. The molecule has 0 aliphatic carbocycles. The molecule has 2 aromatic rings. The predicted molar refractivity (Wildman–Crippen MR) is 179 cm³/mol. The Morgan fingerprint density at radius 2 is 1.62 bits per heavy atom. The van der Waals surface area contributed by atoms with Crippen LogP contribution in [-0.4, -0.2) is 97.1 Å². The van der Waals surface area contributed by atoms with Gasteiger partial charge in [0.25, 0.3) is 11.8 Å². The van der Waals surface area contributed by atoms with Crippen LogP contribution in [0.3, 0.4) is 0 Å². The van der Waals surface area contributed by atoms with Gasteiger partial charge in [-0.15, -0.1) is 0 Å². The van der Waals surface area contributed by atoms with Crippen LogP contribution >= 0.6 is 0 Å². The number of fused-ring (bicyclic) bond motifs is 2. The van der Waals surface area contributed by atoms with Crippen LogP contribution in [0.25, 0.3) is 0 Å². The van der Waals surface area contributed by atoms with Crippen molar-refractivity contribution in [1.82, 2.24) is 26.2 Å². The van der Waals surface area contributed by atoms with Gasteiger partial charge in [-0.3, -0.25) is 24.0 Å². The molecule has 0 unspecified atom stereocenters. The molecule has 2 bridgehead atoms. The standard InChI is InChI=1S/C35H47F2N5O8/c1-22(2)18-28-32(46)41-31(23(3)43)33(47)39-14-4-5-16-42(34(48)25-10-12-26(13-11-25)50-35(36)37)17-7-15-38-30(45)21-49-27-9-6-8-24(19-27)20-29(44)40-28/h6,8-13,19,22-23,28,31,35,43H,4-5,7,14-18,20-21H2,1-3H3,(H,38,45)(H,39,47)(H,40,44)(H,41,46)/t23-,28-,31+/m1/s1. The molecule has 2 aromatic carbocycles. The zero-order valence-electron chi connectivity index (χ0n) is 28.6. The maximum atomic E-state index is 13.4. The SMILES string of the molecule is CC(C)C[C@H]1NC(=O)Cc2cccc(c2)OCC(=O)NCCCN(C(=O)c2ccc(OC(F)F)cc2)CCCCNC(=O)[C@H]([C@@H](C)O)NC1=O. The minimum atomic E-state index is -3.00. The molecule has 0 aromatic heterocycles. The minimum absolute atomic E-state index is 0.0184. The Kier molecular flexibility index (Phi) is 15.9. The quantitative estimate of drug-likeness (QED) is 0.304. The molecule has 0 saturated heterocycles. The van der Waals surface area contributed by atoms with Crippen LogP contribution in [-0.2, 0) is 25.6 Å². The van der Waals surface area contributed by atoms with Crippen molar-refractivity contribution in [2.75, 3.05) is 32.8 Å². The van der Waals surface area contributed by atoms with E-state index in [1.807, 2.05) is 13.8 Å². The summed E-state index contributed by atoms with van der Waals surface area (Å²) in [6.07, 6.45) is 0.283. The number of hydrogen-bond donors (Lipinski definition) is 5. The lowest BCUT2D eigenvalue weighted by atomic mass is 10.0. The first-order chi connectivity index (χ1) is 23.8. The Morgan fingerprint density at radius 1 is 0.920 bits per heavy atom. The lowest BCUT2D eigenvalue weighted by molar-refractivity contribution is -0.134. The van der Waals surface area contributed by atoms with E-state index in [0.717, 1.165) is 0 Å². The van der Waals surface area contributed by atoms with Crippen LogP contribution in [0.5, 0.6) is 11.5 Å². The molecule has 0 saturated carbocycles. The number of carbonyl (C=O) groups excluding carboxylic acids is 5. The fraction of sp³-hybridized carbons (Fsp3) is 0.514. The van der Waals surface area contributed by atoms with Gasteiger partial charge in [0.15, 0.2) is 6.61 Å². The lowest BCUT2D eigenvalue weighted by Gasteiger charge is -2.26. The first kappa shape index (κ1) is 39.6. The molecule has 13 nitrogen and oxygen atoms in total. The highest BCUT2D eigenvalue weighted by molar-refractivity contribution is 5.94. The summed E-state index contributed by atoms with van der Waals surface area (Å²) >= 11 is 0. The molecular formula is C35H47F2N5O8. The third-order valence-electron chi connectivity index (χ3n) is 7.75. The number of carbonyl (C=O) groups is 5. The molecule has 3 atom stereocenters. The van der Waals surface area contributed by atoms with Gasteiger partial charge < -0.3 is 40.7 Å². The predicted octanol–water partition coefficient (Wildman–Crippen LogP) is 2.16. The van der Waals surface area contributed by atoms with E-state index in [1.54, 1.807) is 29.2 Å². The summed E-state index contributed by atoms with van der Waals surface area (Å²) in [4.78, 5) is 66.8. The Morgan fingerprint density at radius 3 is 2.30 bits per heavy atom. The van der Waals surface area contributed by atoms with Gasteiger partial charge in [0.1, 0.15) is 23.6 Å². The van der Waals surface area contributed by atoms with Gasteiger partial charge in [-0.25, -0.2) is 0 Å². The second-order valence-corrected chi connectivity index (χ2v) is 12.5. The zero-order chi connectivity index (χ0) is 36.6. The van der Waals surface area contributed by atoms with Gasteiger partial charge in [0.05, 0.1) is 12.5 Å². The third-order valence-corrected chi connectivity index (χ3v) is 7.75. The normalized spacial score (nSPS) is 20.0. The van der Waals surface area contributed by atoms with Crippen molar-refractivity contribution in [3.8, 4) is 11.5 Å². The van der Waals surface area contributed by atoms with Gasteiger partial charge >= 0.3 is 6.61 Å². The van der Waals surface area contributed by atoms with Crippen molar-refractivity contribution < 1.29 is 47.3 Å². The van der Waals surface area contributed by atoms with Crippen molar-refractivity contribution in [2.24, 2.45) is 5.92 Å². The summed E-state index contributed by atoms with van der Waals surface area (Å²) in [6.45, 7) is 2.84. The number of rotatable bonds is 6. The van der Waals surface area contributed by atoms with Crippen LogP contribution in [0.2, 0.25) is 0 Å². The summed E-state index contributed by atoms with van der Waals surface area (Å²) < 4.78 is 35.2. The monoisotopic (exact) mass is 703 g/mol. The first-order valence-corrected chi connectivity index (χ1v) is 16.7. The molecule has 0 radical (unpaired) electrons. The van der Waals surface area contributed by atoms with E-state index in [-0.39, 0.29) is 74.7 Å². The summed E-state index contributed by atoms with van der Waals surface area (Å²) in [5.74, 6) is -2.10. The Hall–Kier alpha value is -4.79. The van der Waals surface area contributed by atoms with E-state index in [1.165, 1.54) is 31.2 Å². The van der Waals surface area contributed by atoms with Crippen molar-refractivity contribution >= 4 is 29.5 Å². The highest BCUT2D eigenvalue weighted by atomic mass is 19.3. The van der Waals surface area contributed by atoms with Crippen LogP contribution in [0.1, 0.15) is 62.4 Å². The number of aliphatic hydroxyl groups excluding tert-OH is 1. The topological polar surface area (TPSA) is 175 Å². The molecule has 274 valence electrons. The molecule has 50 heavy (non-hydrogen) atoms. The maximum Gasteiger partial charge on any atom is 0.387 e. The van der Waals surface area contributed by atoms with E-state index < -0.39 is 42.5 Å². The van der Waals surface area contributed by atoms with Gasteiger partial charge in [0.2, 0.25) is 17.7 Å². The molecule has 1 aliphatic rings. The van der Waals surface area contributed by atoms with Crippen molar-refractivity contribution in [1.29, 1.82) is 0 Å². The fourth-order valence-corrected chi connectivity index (χ4v) is 5.26. The number of alkyl halides is 2. The summed E-state index contributed by atoms with van der Waals surface area (Å²) in [5, 5.41) is 21.1. The molecule has 0 fully saturated rings. The largest absolute Gasteiger partial charge is 0.484 e. The second kappa shape index (κ2) is 20.0. The van der Waals surface area contributed by atoms with Crippen LogP contribution in [0.15, 0.2) is 48.5 Å². The number of aliphatic hydroxyl groups is 1. The number of nitrogens with one attached hydrogen (secondary N) is 4. The summed E-state index contributed by atoms with van der Waals surface area (Å²) in [5.41, 5.74) is 0.843. The number of nitrogens with zero attached hydrogens (tertiary/aromatic N) is 1. The van der Waals surface area contributed by atoms with Gasteiger partial charge in [-0.05, 0) is 80.5 Å². The van der Waals surface area contributed by atoms with Crippen molar-refractivity contribution in [2.45, 2.75) is 77.7 Å². The molecule has 0 spiro atoms.